The lowest BCUT2D eigenvalue weighted by molar-refractivity contribution is -0.124. The highest BCUT2D eigenvalue weighted by Crippen LogP contribution is 2.16. The van der Waals surface area contributed by atoms with Gasteiger partial charge in [-0.1, -0.05) is 31.9 Å². The summed E-state index contributed by atoms with van der Waals surface area (Å²) >= 11 is 0. The van der Waals surface area contributed by atoms with Crippen molar-refractivity contribution in [3.63, 3.8) is 0 Å². The van der Waals surface area contributed by atoms with E-state index < -0.39 is 11.4 Å². The highest BCUT2D eigenvalue weighted by molar-refractivity contribution is 5.78. The van der Waals surface area contributed by atoms with E-state index in [1.807, 2.05) is 13.8 Å². The van der Waals surface area contributed by atoms with Crippen LogP contribution in [0.4, 0.5) is 4.39 Å². The molecule has 0 saturated heterocycles. The van der Waals surface area contributed by atoms with E-state index in [1.165, 1.54) is 12.1 Å². The third-order valence-corrected chi connectivity index (χ3v) is 3.06. The molecule has 0 bridgehead atoms. The molecule has 0 aliphatic heterocycles. The van der Waals surface area contributed by atoms with E-state index in [-0.39, 0.29) is 18.3 Å². The van der Waals surface area contributed by atoms with Gasteiger partial charge in [0.15, 0.2) is 18.2 Å². The molecule has 3 nitrogen and oxygen atoms in total. The molecule has 0 aliphatic carbocycles. The predicted octanol–water partition coefficient (Wildman–Crippen LogP) is 2.51. The average molecular weight is 263 g/mol. The SMILES string of the molecule is C#CC(CC)(CC)NC(=O)COc1ccccc1F. The number of carbonyl (C=O) groups is 1. The quantitative estimate of drug-likeness (QED) is 0.801. The van der Waals surface area contributed by atoms with Crippen LogP contribution < -0.4 is 10.1 Å². The summed E-state index contributed by atoms with van der Waals surface area (Å²) in [7, 11) is 0. The van der Waals surface area contributed by atoms with Crippen LogP contribution >= 0.6 is 0 Å². The molecule has 0 spiro atoms. The number of carbonyl (C=O) groups excluding carboxylic acids is 1. The number of terminal acetylenes is 1. The lowest BCUT2D eigenvalue weighted by Gasteiger charge is -2.26. The van der Waals surface area contributed by atoms with Crippen LogP contribution in [0.2, 0.25) is 0 Å². The Morgan fingerprint density at radius 2 is 2.05 bits per heavy atom. The maximum Gasteiger partial charge on any atom is 0.259 e. The number of benzene rings is 1. The van der Waals surface area contributed by atoms with Gasteiger partial charge in [0.1, 0.15) is 5.54 Å². The van der Waals surface area contributed by atoms with Crippen LogP contribution in [0.3, 0.4) is 0 Å². The molecule has 4 heteroatoms. The topological polar surface area (TPSA) is 38.3 Å². The number of ether oxygens (including phenoxy) is 1. The zero-order valence-electron chi connectivity index (χ0n) is 11.2. The minimum Gasteiger partial charge on any atom is -0.481 e. The van der Waals surface area contributed by atoms with Gasteiger partial charge in [-0.3, -0.25) is 4.79 Å². The van der Waals surface area contributed by atoms with Crippen molar-refractivity contribution in [3.8, 4) is 18.1 Å². The third-order valence-electron chi connectivity index (χ3n) is 3.06. The molecular weight excluding hydrogens is 245 g/mol. The summed E-state index contributed by atoms with van der Waals surface area (Å²) in [5.74, 6) is 1.79. The van der Waals surface area contributed by atoms with E-state index in [0.29, 0.717) is 12.8 Å². The Morgan fingerprint density at radius 3 is 2.58 bits per heavy atom. The largest absolute Gasteiger partial charge is 0.481 e. The van der Waals surface area contributed by atoms with Crippen LogP contribution in [0.15, 0.2) is 24.3 Å². The minimum absolute atomic E-state index is 0.0527. The van der Waals surface area contributed by atoms with E-state index in [1.54, 1.807) is 12.1 Å². The van der Waals surface area contributed by atoms with Crippen LogP contribution in [0.5, 0.6) is 5.75 Å². The van der Waals surface area contributed by atoms with Gasteiger partial charge in [0, 0.05) is 0 Å². The Kier molecular flexibility index (Phi) is 5.37. The monoisotopic (exact) mass is 263 g/mol. The predicted molar refractivity (Wildman–Crippen MR) is 72.2 cm³/mol. The van der Waals surface area contributed by atoms with E-state index in [9.17, 15) is 9.18 Å². The van der Waals surface area contributed by atoms with Crippen molar-refractivity contribution in [2.75, 3.05) is 6.61 Å². The van der Waals surface area contributed by atoms with Crippen molar-refractivity contribution in [3.05, 3.63) is 30.1 Å². The summed E-state index contributed by atoms with van der Waals surface area (Å²) in [5, 5.41) is 2.75. The number of nitrogens with one attached hydrogen (secondary N) is 1. The minimum atomic E-state index is -0.657. The first-order valence-electron chi connectivity index (χ1n) is 6.23. The standard InChI is InChI=1S/C15H18FNO2/c1-4-15(5-2,6-3)17-14(18)11-19-13-10-8-7-9-12(13)16/h1,7-10H,5-6,11H2,2-3H3,(H,17,18). The average Bonchev–Trinajstić information content (AvgIpc) is 2.44. The summed E-state index contributed by atoms with van der Waals surface area (Å²) < 4.78 is 18.4. The number of hydrogen-bond acceptors (Lipinski definition) is 2. The van der Waals surface area contributed by atoms with E-state index >= 15 is 0 Å². The molecular formula is C15H18FNO2. The van der Waals surface area contributed by atoms with Crippen LogP contribution in [-0.4, -0.2) is 18.1 Å². The number of para-hydroxylation sites is 1. The van der Waals surface area contributed by atoms with Crippen molar-refractivity contribution in [2.24, 2.45) is 0 Å². The summed E-state index contributed by atoms with van der Waals surface area (Å²) in [6.07, 6.45) is 6.70. The number of amides is 1. The number of halogens is 1. The second-order valence-electron chi connectivity index (χ2n) is 4.20. The smallest absolute Gasteiger partial charge is 0.259 e. The van der Waals surface area contributed by atoms with Gasteiger partial charge < -0.3 is 10.1 Å². The van der Waals surface area contributed by atoms with Crippen LogP contribution in [0, 0.1) is 18.2 Å². The van der Waals surface area contributed by atoms with E-state index in [4.69, 9.17) is 11.2 Å². The summed E-state index contributed by atoms with van der Waals surface area (Å²) in [5.41, 5.74) is -0.657. The Bertz CT molecular complexity index is 475. The van der Waals surface area contributed by atoms with Crippen molar-refractivity contribution in [1.29, 1.82) is 0 Å². The third kappa shape index (κ3) is 3.99. The lowest BCUT2D eigenvalue weighted by atomic mass is 9.94. The van der Waals surface area contributed by atoms with Gasteiger partial charge in [-0.15, -0.1) is 6.42 Å². The molecule has 0 aliphatic rings. The summed E-state index contributed by atoms with van der Waals surface area (Å²) in [6, 6.07) is 5.94. The Balaban J connectivity index is 2.58. The molecule has 1 amide bonds. The lowest BCUT2D eigenvalue weighted by Crippen LogP contribution is -2.48. The van der Waals surface area contributed by atoms with Gasteiger partial charge in [-0.05, 0) is 25.0 Å². The van der Waals surface area contributed by atoms with Crippen molar-refractivity contribution in [2.45, 2.75) is 32.2 Å². The molecule has 0 fully saturated rings. The maximum absolute atomic E-state index is 13.3. The maximum atomic E-state index is 13.3. The fourth-order valence-electron chi connectivity index (χ4n) is 1.68. The fourth-order valence-corrected chi connectivity index (χ4v) is 1.68. The Morgan fingerprint density at radius 1 is 1.42 bits per heavy atom. The molecule has 1 aromatic rings. The normalized spacial score (nSPS) is 10.6. The van der Waals surface area contributed by atoms with Crippen LogP contribution in [0.25, 0.3) is 0 Å². The highest BCUT2D eigenvalue weighted by atomic mass is 19.1. The number of rotatable bonds is 6. The van der Waals surface area contributed by atoms with E-state index in [2.05, 4.69) is 11.2 Å². The first kappa shape index (κ1) is 15.0. The molecule has 19 heavy (non-hydrogen) atoms. The van der Waals surface area contributed by atoms with Gasteiger partial charge in [-0.25, -0.2) is 4.39 Å². The molecule has 1 aromatic carbocycles. The fraction of sp³-hybridized carbons (Fsp3) is 0.400. The molecule has 0 radical (unpaired) electrons. The van der Waals surface area contributed by atoms with Gasteiger partial charge in [0.05, 0.1) is 0 Å². The molecule has 0 heterocycles. The molecule has 1 rings (SSSR count). The van der Waals surface area contributed by atoms with E-state index in [0.717, 1.165) is 0 Å². The second-order valence-corrected chi connectivity index (χ2v) is 4.20. The second kappa shape index (κ2) is 6.79. The van der Waals surface area contributed by atoms with Crippen molar-refractivity contribution >= 4 is 5.91 Å². The summed E-state index contributed by atoms with van der Waals surface area (Å²) in [6.45, 7) is 3.55. The van der Waals surface area contributed by atoms with Gasteiger partial charge in [0.25, 0.3) is 5.91 Å². The molecule has 0 saturated carbocycles. The van der Waals surface area contributed by atoms with Crippen LogP contribution in [0.1, 0.15) is 26.7 Å². The molecule has 0 unspecified atom stereocenters. The van der Waals surface area contributed by atoms with Crippen LogP contribution in [-0.2, 0) is 4.79 Å². The van der Waals surface area contributed by atoms with Gasteiger partial charge in [0.2, 0.25) is 0 Å². The van der Waals surface area contributed by atoms with Gasteiger partial charge in [-0.2, -0.15) is 0 Å². The zero-order chi connectivity index (χ0) is 14.3. The molecule has 0 atom stereocenters. The Labute approximate surface area is 113 Å². The molecule has 102 valence electrons. The number of hydrogen-bond donors (Lipinski definition) is 1. The Hall–Kier alpha value is -2.02. The molecule has 0 aromatic heterocycles. The first-order chi connectivity index (χ1) is 9.06. The molecule has 1 N–H and O–H groups in total. The van der Waals surface area contributed by atoms with Crippen molar-refractivity contribution in [1.82, 2.24) is 5.32 Å². The summed E-state index contributed by atoms with van der Waals surface area (Å²) in [4.78, 5) is 11.8. The highest BCUT2D eigenvalue weighted by Gasteiger charge is 2.25. The van der Waals surface area contributed by atoms with Crippen molar-refractivity contribution < 1.29 is 13.9 Å². The first-order valence-corrected chi connectivity index (χ1v) is 6.23. The zero-order valence-corrected chi connectivity index (χ0v) is 11.2. The van der Waals surface area contributed by atoms with Gasteiger partial charge >= 0.3 is 0 Å².